The highest BCUT2D eigenvalue weighted by molar-refractivity contribution is 5.93. The van der Waals surface area contributed by atoms with Crippen molar-refractivity contribution in [2.45, 2.75) is 52.9 Å². The molecule has 146 valence electrons. The first-order valence-corrected chi connectivity index (χ1v) is 9.92. The zero-order valence-electron chi connectivity index (χ0n) is 16.8. The Morgan fingerprint density at radius 2 is 1.74 bits per heavy atom. The van der Waals surface area contributed by atoms with E-state index in [-0.39, 0.29) is 12.5 Å². The lowest BCUT2D eigenvalue weighted by Crippen LogP contribution is -2.21. The number of carbonyl (C=O) groups is 1. The van der Waals surface area contributed by atoms with Gasteiger partial charge in [0.15, 0.2) is 0 Å². The summed E-state index contributed by atoms with van der Waals surface area (Å²) in [6, 6.07) is 13.7. The molecule has 2 aromatic rings. The molecule has 0 fully saturated rings. The van der Waals surface area contributed by atoms with Crippen LogP contribution in [-0.4, -0.2) is 19.1 Å². The van der Waals surface area contributed by atoms with E-state index in [0.717, 1.165) is 30.2 Å². The minimum atomic E-state index is -0.0690. The van der Waals surface area contributed by atoms with E-state index in [1.54, 1.807) is 0 Å². The molecule has 4 heteroatoms. The fraction of sp³-hybridized carbons (Fsp3) is 0.435. The van der Waals surface area contributed by atoms with Crippen molar-refractivity contribution < 1.29 is 9.53 Å². The van der Waals surface area contributed by atoms with Crippen LogP contribution in [0.2, 0.25) is 0 Å². The molecule has 27 heavy (non-hydrogen) atoms. The first-order valence-electron chi connectivity index (χ1n) is 9.92. The van der Waals surface area contributed by atoms with Crippen molar-refractivity contribution in [1.82, 2.24) is 0 Å². The Morgan fingerprint density at radius 1 is 0.926 bits per heavy atom. The maximum atomic E-state index is 12.2. The molecule has 0 saturated carbocycles. The molecule has 0 radical (unpaired) electrons. The number of nitrogens with one attached hydrogen (secondary N) is 2. The topological polar surface area (TPSA) is 50.4 Å². The van der Waals surface area contributed by atoms with E-state index in [2.05, 4.69) is 24.5 Å². The van der Waals surface area contributed by atoms with Gasteiger partial charge in [0.05, 0.1) is 13.2 Å². The first kappa shape index (κ1) is 20.8. The van der Waals surface area contributed by atoms with Gasteiger partial charge in [-0.05, 0) is 55.7 Å². The van der Waals surface area contributed by atoms with Gasteiger partial charge in [-0.1, -0.05) is 44.7 Å². The number of amides is 1. The minimum absolute atomic E-state index is 0.0690. The Hall–Kier alpha value is -2.49. The average Bonchev–Trinajstić information content (AvgIpc) is 2.66. The van der Waals surface area contributed by atoms with Crippen LogP contribution < -0.4 is 15.4 Å². The van der Waals surface area contributed by atoms with Gasteiger partial charge < -0.3 is 15.4 Å². The van der Waals surface area contributed by atoms with Crippen molar-refractivity contribution in [1.29, 1.82) is 0 Å². The molecule has 4 nitrogen and oxygen atoms in total. The third-order valence-electron chi connectivity index (χ3n) is 4.59. The molecule has 0 saturated heterocycles. The largest absolute Gasteiger partial charge is 0.494 e. The predicted molar refractivity (Wildman–Crippen MR) is 114 cm³/mol. The molecule has 0 aliphatic carbocycles. The molecular weight excluding hydrogens is 336 g/mol. The summed E-state index contributed by atoms with van der Waals surface area (Å²) in [5.74, 6) is 0.769. The van der Waals surface area contributed by atoms with Crippen LogP contribution in [0.4, 0.5) is 11.4 Å². The standard InChI is InChI=1S/C23H32N2O2/c1-4-5-6-7-8-14-27-22-11-9-10-20(16-22)24-17-23(26)25-21-13-12-18(2)19(3)15-21/h9-13,15-16,24H,4-8,14,17H2,1-3H3,(H,25,26). The molecule has 2 N–H and O–H groups in total. The lowest BCUT2D eigenvalue weighted by Gasteiger charge is -2.11. The Labute approximate surface area is 163 Å². The van der Waals surface area contributed by atoms with Crippen LogP contribution >= 0.6 is 0 Å². The van der Waals surface area contributed by atoms with Crippen molar-refractivity contribution in [2.24, 2.45) is 0 Å². The number of unbranched alkanes of at least 4 members (excludes halogenated alkanes) is 4. The summed E-state index contributed by atoms with van der Waals surface area (Å²) in [6.07, 6.45) is 6.12. The molecule has 0 aliphatic heterocycles. The Balaban J connectivity index is 1.74. The molecule has 1 amide bonds. The summed E-state index contributed by atoms with van der Waals surface area (Å²) >= 11 is 0. The molecular formula is C23H32N2O2. The predicted octanol–water partition coefficient (Wildman–Crippen LogP) is 5.70. The van der Waals surface area contributed by atoms with E-state index in [9.17, 15) is 4.79 Å². The van der Waals surface area contributed by atoms with Gasteiger partial charge in [-0.15, -0.1) is 0 Å². The molecule has 0 aromatic heterocycles. The summed E-state index contributed by atoms with van der Waals surface area (Å²) in [6.45, 7) is 7.27. The van der Waals surface area contributed by atoms with E-state index in [1.807, 2.05) is 49.4 Å². The average molecular weight is 369 g/mol. The lowest BCUT2D eigenvalue weighted by atomic mass is 10.1. The monoisotopic (exact) mass is 368 g/mol. The number of aryl methyl sites for hydroxylation is 2. The summed E-state index contributed by atoms with van der Waals surface area (Å²) in [7, 11) is 0. The lowest BCUT2D eigenvalue weighted by molar-refractivity contribution is -0.114. The van der Waals surface area contributed by atoms with Gasteiger partial charge >= 0.3 is 0 Å². The Morgan fingerprint density at radius 3 is 2.52 bits per heavy atom. The van der Waals surface area contributed by atoms with Crippen LogP contribution in [0.25, 0.3) is 0 Å². The summed E-state index contributed by atoms with van der Waals surface area (Å²) in [5.41, 5.74) is 4.09. The van der Waals surface area contributed by atoms with Gasteiger partial charge in [-0.3, -0.25) is 4.79 Å². The number of hydrogen-bond acceptors (Lipinski definition) is 3. The second-order valence-corrected chi connectivity index (χ2v) is 6.99. The highest BCUT2D eigenvalue weighted by atomic mass is 16.5. The number of benzene rings is 2. The number of rotatable bonds is 11. The maximum Gasteiger partial charge on any atom is 0.243 e. The quantitative estimate of drug-likeness (QED) is 0.500. The third-order valence-corrected chi connectivity index (χ3v) is 4.59. The van der Waals surface area contributed by atoms with Gasteiger partial charge in [-0.25, -0.2) is 0 Å². The first-order chi connectivity index (χ1) is 13.1. The molecule has 2 rings (SSSR count). The van der Waals surface area contributed by atoms with Gasteiger partial charge in [0.25, 0.3) is 0 Å². The van der Waals surface area contributed by atoms with Gasteiger partial charge in [0.1, 0.15) is 5.75 Å². The highest BCUT2D eigenvalue weighted by Gasteiger charge is 2.04. The highest BCUT2D eigenvalue weighted by Crippen LogP contribution is 2.18. The van der Waals surface area contributed by atoms with E-state index in [0.29, 0.717) is 0 Å². The van der Waals surface area contributed by atoms with Crippen molar-refractivity contribution >= 4 is 17.3 Å². The molecule has 2 aromatic carbocycles. The van der Waals surface area contributed by atoms with Crippen LogP contribution in [-0.2, 0) is 4.79 Å². The SMILES string of the molecule is CCCCCCCOc1cccc(NCC(=O)Nc2ccc(C)c(C)c2)c1. The number of ether oxygens (including phenoxy) is 1. The Bertz CT molecular complexity index is 728. The minimum Gasteiger partial charge on any atom is -0.494 e. The van der Waals surface area contributed by atoms with Gasteiger partial charge in [-0.2, -0.15) is 0 Å². The van der Waals surface area contributed by atoms with Crippen LogP contribution in [0.5, 0.6) is 5.75 Å². The van der Waals surface area contributed by atoms with Crippen molar-refractivity contribution in [3.8, 4) is 5.75 Å². The molecule has 0 heterocycles. The summed E-state index contributed by atoms with van der Waals surface area (Å²) < 4.78 is 5.81. The smallest absolute Gasteiger partial charge is 0.243 e. The van der Waals surface area contributed by atoms with Crippen LogP contribution in [0.3, 0.4) is 0 Å². The van der Waals surface area contributed by atoms with Crippen molar-refractivity contribution in [2.75, 3.05) is 23.8 Å². The normalized spacial score (nSPS) is 10.5. The molecule has 0 bridgehead atoms. The number of anilines is 2. The van der Waals surface area contributed by atoms with E-state index < -0.39 is 0 Å². The van der Waals surface area contributed by atoms with E-state index in [1.165, 1.54) is 36.8 Å². The zero-order valence-corrected chi connectivity index (χ0v) is 16.8. The molecule has 0 aliphatic rings. The van der Waals surface area contributed by atoms with Gasteiger partial charge in [0, 0.05) is 17.4 Å². The van der Waals surface area contributed by atoms with Crippen molar-refractivity contribution in [3.63, 3.8) is 0 Å². The number of carbonyl (C=O) groups excluding carboxylic acids is 1. The van der Waals surface area contributed by atoms with Crippen molar-refractivity contribution in [3.05, 3.63) is 53.6 Å². The second kappa shape index (κ2) is 11.3. The summed E-state index contributed by atoms with van der Waals surface area (Å²) in [5, 5.41) is 6.08. The Kier molecular flexibility index (Phi) is 8.69. The molecule has 0 spiro atoms. The third kappa shape index (κ3) is 7.73. The second-order valence-electron chi connectivity index (χ2n) is 6.99. The van der Waals surface area contributed by atoms with Crippen LogP contribution in [0.15, 0.2) is 42.5 Å². The fourth-order valence-corrected chi connectivity index (χ4v) is 2.80. The molecule has 0 atom stereocenters. The zero-order chi connectivity index (χ0) is 19.5. The fourth-order valence-electron chi connectivity index (χ4n) is 2.80. The summed E-state index contributed by atoms with van der Waals surface area (Å²) in [4.78, 5) is 12.2. The number of hydrogen-bond donors (Lipinski definition) is 2. The van der Waals surface area contributed by atoms with E-state index >= 15 is 0 Å². The van der Waals surface area contributed by atoms with Crippen LogP contribution in [0, 0.1) is 13.8 Å². The molecule has 0 unspecified atom stereocenters. The maximum absolute atomic E-state index is 12.2. The van der Waals surface area contributed by atoms with E-state index in [4.69, 9.17) is 4.74 Å². The van der Waals surface area contributed by atoms with Crippen LogP contribution in [0.1, 0.15) is 50.2 Å². The van der Waals surface area contributed by atoms with Gasteiger partial charge in [0.2, 0.25) is 5.91 Å².